The molecule has 6 heteroatoms. The first-order chi connectivity index (χ1) is 9.30. The van der Waals surface area contributed by atoms with Crippen LogP contribution in [0.5, 0.6) is 0 Å². The number of nitrogens with one attached hydrogen (secondary N) is 1. The van der Waals surface area contributed by atoms with Gasteiger partial charge in [0.15, 0.2) is 0 Å². The average molecular weight is 317 g/mol. The highest BCUT2D eigenvalue weighted by Gasteiger charge is 2.36. The largest absolute Gasteiger partial charge is 0.397 e. The molecule has 1 aromatic rings. The molecule has 0 atom stereocenters. The normalized spacial score (nSPS) is 17.8. The summed E-state index contributed by atoms with van der Waals surface area (Å²) in [6.07, 6.45) is 4.36. The Kier molecular flexibility index (Phi) is 4.33. The Morgan fingerprint density at radius 2 is 2.05 bits per heavy atom. The van der Waals surface area contributed by atoms with E-state index in [9.17, 15) is 8.42 Å². The van der Waals surface area contributed by atoms with Crippen molar-refractivity contribution in [2.24, 2.45) is 5.41 Å². The van der Waals surface area contributed by atoms with Gasteiger partial charge >= 0.3 is 0 Å². The highest BCUT2D eigenvalue weighted by Crippen LogP contribution is 2.43. The van der Waals surface area contributed by atoms with E-state index in [1.807, 2.05) is 0 Å². The number of benzene rings is 1. The quantitative estimate of drug-likeness (QED) is 0.820. The Hall–Kier alpha value is -0.780. The van der Waals surface area contributed by atoms with Gasteiger partial charge in [0.1, 0.15) is 0 Å². The lowest BCUT2D eigenvalue weighted by atomic mass is 9.67. The van der Waals surface area contributed by atoms with Gasteiger partial charge in [0.2, 0.25) is 10.0 Å². The van der Waals surface area contributed by atoms with Crippen molar-refractivity contribution in [3.8, 4) is 0 Å². The van der Waals surface area contributed by atoms with E-state index in [0.717, 1.165) is 19.3 Å². The minimum atomic E-state index is -3.53. The first-order valence-electron chi connectivity index (χ1n) is 6.85. The summed E-state index contributed by atoms with van der Waals surface area (Å²) in [6.45, 7) is 4.35. The van der Waals surface area contributed by atoms with Crippen molar-refractivity contribution < 1.29 is 8.42 Å². The molecule has 1 aliphatic carbocycles. The van der Waals surface area contributed by atoms with Gasteiger partial charge in [-0.25, -0.2) is 13.1 Å². The fourth-order valence-electron chi connectivity index (χ4n) is 2.58. The summed E-state index contributed by atoms with van der Waals surface area (Å²) in [6, 6.07) is 2.97. The third-order valence-electron chi connectivity index (χ3n) is 4.37. The monoisotopic (exact) mass is 316 g/mol. The average Bonchev–Trinajstić information content (AvgIpc) is 2.34. The Morgan fingerprint density at radius 1 is 1.40 bits per heavy atom. The van der Waals surface area contributed by atoms with Crippen LogP contribution < -0.4 is 10.5 Å². The van der Waals surface area contributed by atoms with Crippen LogP contribution in [0.1, 0.15) is 38.2 Å². The van der Waals surface area contributed by atoms with E-state index in [4.69, 9.17) is 17.3 Å². The van der Waals surface area contributed by atoms with E-state index in [0.29, 0.717) is 22.8 Å². The summed E-state index contributed by atoms with van der Waals surface area (Å²) >= 11 is 5.96. The molecule has 1 aromatic carbocycles. The van der Waals surface area contributed by atoms with Crippen molar-refractivity contribution in [3.63, 3.8) is 0 Å². The topological polar surface area (TPSA) is 72.2 Å². The molecule has 0 aliphatic heterocycles. The molecule has 0 amide bonds. The molecule has 1 saturated carbocycles. The van der Waals surface area contributed by atoms with Crippen LogP contribution in [0.4, 0.5) is 5.69 Å². The Labute approximate surface area is 125 Å². The molecule has 0 saturated heterocycles. The summed E-state index contributed by atoms with van der Waals surface area (Å²) < 4.78 is 27.4. The molecule has 0 unspecified atom stereocenters. The number of aryl methyl sites for hydroxylation is 1. The predicted molar refractivity (Wildman–Crippen MR) is 82.4 cm³/mol. The molecular weight excluding hydrogens is 296 g/mol. The fraction of sp³-hybridized carbons (Fsp3) is 0.571. The SMILES string of the molecule is CCC1(CNS(=O)(=O)c2cc(C)c(Cl)c(N)c2)CCC1. The Bertz CT molecular complexity index is 581. The van der Waals surface area contributed by atoms with Crippen molar-refractivity contribution in [1.29, 1.82) is 0 Å². The molecular formula is C14H21ClN2O2S. The number of sulfonamides is 1. The second kappa shape index (κ2) is 5.54. The van der Waals surface area contributed by atoms with E-state index in [1.54, 1.807) is 13.0 Å². The highest BCUT2D eigenvalue weighted by atomic mass is 35.5. The molecule has 112 valence electrons. The van der Waals surface area contributed by atoms with Gasteiger partial charge in [0.05, 0.1) is 15.6 Å². The lowest BCUT2D eigenvalue weighted by Gasteiger charge is -2.41. The second-order valence-corrected chi connectivity index (χ2v) is 7.82. The number of hydrogen-bond acceptors (Lipinski definition) is 3. The zero-order chi connectivity index (χ0) is 15.0. The lowest BCUT2D eigenvalue weighted by Crippen LogP contribution is -2.41. The Morgan fingerprint density at radius 3 is 2.50 bits per heavy atom. The maximum atomic E-state index is 12.3. The van der Waals surface area contributed by atoms with Crippen LogP contribution in [0.3, 0.4) is 0 Å². The van der Waals surface area contributed by atoms with Gasteiger partial charge in [0.25, 0.3) is 0 Å². The van der Waals surface area contributed by atoms with Crippen molar-refractivity contribution in [3.05, 3.63) is 22.7 Å². The smallest absolute Gasteiger partial charge is 0.240 e. The minimum absolute atomic E-state index is 0.139. The third kappa shape index (κ3) is 2.95. The van der Waals surface area contributed by atoms with Gasteiger partial charge in [-0.3, -0.25) is 0 Å². The Balaban J connectivity index is 2.18. The molecule has 0 spiro atoms. The van der Waals surface area contributed by atoms with E-state index >= 15 is 0 Å². The number of hydrogen-bond donors (Lipinski definition) is 2. The molecule has 2 rings (SSSR count). The van der Waals surface area contributed by atoms with E-state index in [-0.39, 0.29) is 10.3 Å². The van der Waals surface area contributed by atoms with Crippen LogP contribution in [0.2, 0.25) is 5.02 Å². The van der Waals surface area contributed by atoms with Crippen molar-refractivity contribution in [2.75, 3.05) is 12.3 Å². The van der Waals surface area contributed by atoms with Gasteiger partial charge < -0.3 is 5.73 Å². The molecule has 0 radical (unpaired) electrons. The standard InChI is InChI=1S/C14H21ClN2O2S/c1-3-14(5-4-6-14)9-17-20(18,19)11-7-10(2)13(15)12(16)8-11/h7-8,17H,3-6,9,16H2,1-2H3. The third-order valence-corrected chi connectivity index (χ3v) is 6.26. The summed E-state index contributed by atoms with van der Waals surface area (Å²) in [5.41, 5.74) is 6.84. The fourth-order valence-corrected chi connectivity index (χ4v) is 3.97. The molecule has 0 aromatic heterocycles. The maximum Gasteiger partial charge on any atom is 0.240 e. The number of nitrogens with two attached hydrogens (primary N) is 1. The van der Waals surface area contributed by atoms with E-state index in [1.165, 1.54) is 12.5 Å². The van der Waals surface area contributed by atoms with Crippen LogP contribution in [-0.4, -0.2) is 15.0 Å². The van der Waals surface area contributed by atoms with Crippen LogP contribution in [-0.2, 0) is 10.0 Å². The summed E-state index contributed by atoms with van der Waals surface area (Å²) in [4.78, 5) is 0.183. The van der Waals surface area contributed by atoms with Gasteiger partial charge in [0, 0.05) is 6.54 Å². The number of anilines is 1. The molecule has 1 aliphatic rings. The van der Waals surface area contributed by atoms with Gasteiger partial charge in [-0.1, -0.05) is 24.9 Å². The lowest BCUT2D eigenvalue weighted by molar-refractivity contribution is 0.133. The summed E-state index contributed by atoms with van der Waals surface area (Å²) in [5.74, 6) is 0. The van der Waals surface area contributed by atoms with E-state index < -0.39 is 10.0 Å². The van der Waals surface area contributed by atoms with Gasteiger partial charge in [-0.15, -0.1) is 0 Å². The van der Waals surface area contributed by atoms with E-state index in [2.05, 4.69) is 11.6 Å². The summed E-state index contributed by atoms with van der Waals surface area (Å²) in [5, 5.41) is 0.410. The molecule has 0 bridgehead atoms. The molecule has 20 heavy (non-hydrogen) atoms. The second-order valence-electron chi connectivity index (χ2n) is 5.68. The molecule has 4 nitrogen and oxygen atoms in total. The highest BCUT2D eigenvalue weighted by molar-refractivity contribution is 7.89. The summed E-state index contributed by atoms with van der Waals surface area (Å²) in [7, 11) is -3.53. The maximum absolute atomic E-state index is 12.3. The number of nitrogen functional groups attached to an aromatic ring is 1. The van der Waals surface area contributed by atoms with Gasteiger partial charge in [-0.05, 0) is 49.3 Å². The first-order valence-corrected chi connectivity index (χ1v) is 8.71. The van der Waals surface area contributed by atoms with Crippen molar-refractivity contribution in [2.45, 2.75) is 44.4 Å². The first kappa shape index (κ1) is 15.6. The zero-order valence-electron chi connectivity index (χ0n) is 11.9. The molecule has 3 N–H and O–H groups in total. The van der Waals surface area contributed by atoms with Crippen molar-refractivity contribution >= 4 is 27.3 Å². The number of halogens is 1. The number of rotatable bonds is 5. The van der Waals surface area contributed by atoms with Crippen LogP contribution in [0, 0.1) is 12.3 Å². The zero-order valence-corrected chi connectivity index (χ0v) is 13.4. The van der Waals surface area contributed by atoms with Crippen molar-refractivity contribution in [1.82, 2.24) is 4.72 Å². The molecule has 1 fully saturated rings. The van der Waals surface area contributed by atoms with Crippen LogP contribution >= 0.6 is 11.6 Å². The minimum Gasteiger partial charge on any atom is -0.397 e. The van der Waals surface area contributed by atoms with Crippen LogP contribution in [0.15, 0.2) is 17.0 Å². The molecule has 0 heterocycles. The predicted octanol–water partition coefficient (Wildman–Crippen LogP) is 3.09. The van der Waals surface area contributed by atoms with Gasteiger partial charge in [-0.2, -0.15) is 0 Å². The van der Waals surface area contributed by atoms with Crippen LogP contribution in [0.25, 0.3) is 0 Å².